The summed E-state index contributed by atoms with van der Waals surface area (Å²) in [4.78, 5) is 24.6. The maximum absolute atomic E-state index is 12.5. The minimum Gasteiger partial charge on any atom is -0.493 e. The van der Waals surface area contributed by atoms with E-state index in [1.54, 1.807) is 30.3 Å². The summed E-state index contributed by atoms with van der Waals surface area (Å²) in [6.45, 7) is 2.66. The SMILES string of the molecule is CCCN1C(=O)/C(=C/c2cc(Br)c(OCc3cccc([N+](=O)[O-])c3)c(OC)c2)NC1=S. The number of halogens is 1. The Balaban J connectivity index is 1.82. The van der Waals surface area contributed by atoms with E-state index < -0.39 is 4.92 Å². The number of benzene rings is 2. The molecule has 31 heavy (non-hydrogen) atoms. The molecule has 0 saturated carbocycles. The number of nitrogens with zero attached hydrogens (tertiary/aromatic N) is 2. The molecule has 0 unspecified atom stereocenters. The Bertz CT molecular complexity index is 1070. The summed E-state index contributed by atoms with van der Waals surface area (Å²) in [6.07, 6.45) is 2.50. The van der Waals surface area contributed by atoms with E-state index in [4.69, 9.17) is 21.7 Å². The van der Waals surface area contributed by atoms with E-state index in [1.807, 2.05) is 6.92 Å². The highest BCUT2D eigenvalue weighted by Crippen LogP contribution is 2.38. The lowest BCUT2D eigenvalue weighted by Gasteiger charge is -2.14. The number of thiocarbonyl (C=S) groups is 1. The van der Waals surface area contributed by atoms with Gasteiger partial charge in [-0.05, 0) is 63.9 Å². The van der Waals surface area contributed by atoms with Gasteiger partial charge in [0, 0.05) is 18.7 Å². The van der Waals surface area contributed by atoms with Crippen molar-refractivity contribution in [3.05, 3.63) is 67.8 Å². The third-order valence-corrected chi connectivity index (χ3v) is 5.39. The van der Waals surface area contributed by atoms with Gasteiger partial charge in [-0.2, -0.15) is 0 Å². The molecule has 0 atom stereocenters. The number of amides is 1. The molecule has 3 rings (SSSR count). The molecule has 8 nitrogen and oxygen atoms in total. The first-order chi connectivity index (χ1) is 14.8. The molecule has 1 aliphatic heterocycles. The van der Waals surface area contributed by atoms with Gasteiger partial charge in [0.2, 0.25) is 0 Å². The quantitative estimate of drug-likeness (QED) is 0.245. The Kier molecular flexibility index (Phi) is 7.24. The highest BCUT2D eigenvalue weighted by Gasteiger charge is 2.29. The number of nitrogens with one attached hydrogen (secondary N) is 1. The van der Waals surface area contributed by atoms with Crippen molar-refractivity contribution < 1.29 is 19.2 Å². The molecule has 1 heterocycles. The minimum absolute atomic E-state index is 0.00198. The standard InChI is InChI=1S/C21H20BrN3O5S/c1-3-7-24-20(26)17(23-21(24)31)10-14-9-16(22)19(18(11-14)29-2)30-12-13-5-4-6-15(8-13)25(27)28/h4-6,8-11H,3,7,12H2,1-2H3,(H,23,31)/b17-10-. The Morgan fingerprint density at radius 3 is 2.77 bits per heavy atom. The van der Waals surface area contributed by atoms with Gasteiger partial charge in [-0.15, -0.1) is 0 Å². The average Bonchev–Trinajstić information content (AvgIpc) is 3.00. The fraction of sp³-hybridized carbons (Fsp3) is 0.238. The molecule has 0 aliphatic carbocycles. The molecule has 1 saturated heterocycles. The highest BCUT2D eigenvalue weighted by molar-refractivity contribution is 9.10. The van der Waals surface area contributed by atoms with Crippen LogP contribution >= 0.6 is 28.1 Å². The third-order valence-electron chi connectivity index (χ3n) is 4.48. The second-order valence-corrected chi connectivity index (χ2v) is 7.94. The lowest BCUT2D eigenvalue weighted by atomic mass is 10.1. The fourth-order valence-corrected chi connectivity index (χ4v) is 3.90. The summed E-state index contributed by atoms with van der Waals surface area (Å²) < 4.78 is 11.9. The van der Waals surface area contributed by atoms with E-state index in [0.29, 0.717) is 44.5 Å². The Labute approximate surface area is 193 Å². The van der Waals surface area contributed by atoms with E-state index in [0.717, 1.165) is 6.42 Å². The summed E-state index contributed by atoms with van der Waals surface area (Å²) in [7, 11) is 1.51. The minimum atomic E-state index is -0.450. The Hall–Kier alpha value is -2.98. The van der Waals surface area contributed by atoms with Crippen molar-refractivity contribution in [1.82, 2.24) is 10.2 Å². The van der Waals surface area contributed by atoms with Crippen molar-refractivity contribution >= 4 is 50.9 Å². The van der Waals surface area contributed by atoms with Crippen molar-refractivity contribution in [3.63, 3.8) is 0 Å². The predicted octanol–water partition coefficient (Wildman–Crippen LogP) is 4.41. The fourth-order valence-electron chi connectivity index (χ4n) is 3.04. The molecular formula is C21H20BrN3O5S. The number of carbonyl (C=O) groups excluding carboxylic acids is 1. The second-order valence-electron chi connectivity index (χ2n) is 6.69. The Morgan fingerprint density at radius 2 is 2.10 bits per heavy atom. The van der Waals surface area contributed by atoms with Crippen LogP contribution < -0.4 is 14.8 Å². The van der Waals surface area contributed by atoms with Crippen LogP contribution in [0.5, 0.6) is 11.5 Å². The predicted molar refractivity (Wildman–Crippen MR) is 124 cm³/mol. The first-order valence-corrected chi connectivity index (χ1v) is 10.6. The van der Waals surface area contributed by atoms with Gasteiger partial charge >= 0.3 is 0 Å². The molecule has 1 amide bonds. The van der Waals surface area contributed by atoms with E-state index in [-0.39, 0.29) is 18.2 Å². The zero-order valence-electron chi connectivity index (χ0n) is 16.9. The smallest absolute Gasteiger partial charge is 0.276 e. The molecule has 2 aromatic rings. The number of nitro groups is 1. The first kappa shape index (κ1) is 22.7. The van der Waals surface area contributed by atoms with Crippen LogP contribution in [0.2, 0.25) is 0 Å². The topological polar surface area (TPSA) is 93.9 Å². The van der Waals surface area contributed by atoms with E-state index in [9.17, 15) is 14.9 Å². The van der Waals surface area contributed by atoms with Gasteiger partial charge in [-0.1, -0.05) is 19.1 Å². The molecule has 10 heteroatoms. The van der Waals surface area contributed by atoms with Crippen LogP contribution in [0.1, 0.15) is 24.5 Å². The first-order valence-electron chi connectivity index (χ1n) is 9.42. The second kappa shape index (κ2) is 9.88. The van der Waals surface area contributed by atoms with E-state index in [2.05, 4.69) is 21.2 Å². The van der Waals surface area contributed by atoms with Crippen LogP contribution in [0.15, 0.2) is 46.6 Å². The number of hydrogen-bond acceptors (Lipinski definition) is 6. The molecule has 0 bridgehead atoms. The lowest BCUT2D eigenvalue weighted by molar-refractivity contribution is -0.384. The van der Waals surface area contributed by atoms with E-state index >= 15 is 0 Å². The maximum atomic E-state index is 12.5. The number of non-ortho nitro benzene ring substituents is 1. The third kappa shape index (κ3) is 5.20. The molecular weight excluding hydrogens is 486 g/mol. The average molecular weight is 506 g/mol. The monoisotopic (exact) mass is 505 g/mol. The summed E-state index contributed by atoms with van der Waals surface area (Å²) in [5.41, 5.74) is 1.75. The molecule has 0 aromatic heterocycles. The van der Waals surface area contributed by atoms with Crippen LogP contribution in [0, 0.1) is 10.1 Å². The van der Waals surface area contributed by atoms with Crippen molar-refractivity contribution in [1.29, 1.82) is 0 Å². The molecule has 0 spiro atoms. The van der Waals surface area contributed by atoms with Crippen LogP contribution in [-0.4, -0.2) is 34.5 Å². The normalized spacial score (nSPS) is 14.7. The molecule has 1 aliphatic rings. The van der Waals surface area contributed by atoms with Crippen LogP contribution in [0.3, 0.4) is 0 Å². The van der Waals surface area contributed by atoms with Crippen LogP contribution in [-0.2, 0) is 11.4 Å². The molecule has 2 aromatic carbocycles. The van der Waals surface area contributed by atoms with Crippen LogP contribution in [0.4, 0.5) is 5.69 Å². The summed E-state index contributed by atoms with van der Waals surface area (Å²) in [6, 6.07) is 9.76. The number of carbonyl (C=O) groups is 1. The summed E-state index contributed by atoms with van der Waals surface area (Å²) in [5, 5.41) is 14.3. The van der Waals surface area contributed by atoms with Gasteiger partial charge in [0.25, 0.3) is 11.6 Å². The van der Waals surface area contributed by atoms with Gasteiger partial charge in [0.15, 0.2) is 16.6 Å². The van der Waals surface area contributed by atoms with Gasteiger partial charge in [0.1, 0.15) is 12.3 Å². The van der Waals surface area contributed by atoms with Gasteiger partial charge in [-0.25, -0.2) is 0 Å². The van der Waals surface area contributed by atoms with Gasteiger partial charge in [0.05, 0.1) is 16.5 Å². The van der Waals surface area contributed by atoms with Crippen molar-refractivity contribution in [2.45, 2.75) is 20.0 Å². The molecule has 1 fully saturated rings. The van der Waals surface area contributed by atoms with E-state index in [1.165, 1.54) is 24.1 Å². The molecule has 0 radical (unpaired) electrons. The van der Waals surface area contributed by atoms with Crippen molar-refractivity contribution in [2.24, 2.45) is 0 Å². The number of nitro benzene ring substituents is 1. The maximum Gasteiger partial charge on any atom is 0.276 e. The lowest BCUT2D eigenvalue weighted by Crippen LogP contribution is -2.31. The number of ether oxygens (including phenoxy) is 2. The zero-order chi connectivity index (χ0) is 22.5. The van der Waals surface area contributed by atoms with Crippen molar-refractivity contribution in [3.8, 4) is 11.5 Å². The molecule has 1 N–H and O–H groups in total. The van der Waals surface area contributed by atoms with Gasteiger partial charge in [-0.3, -0.25) is 19.8 Å². The highest BCUT2D eigenvalue weighted by atomic mass is 79.9. The number of methoxy groups -OCH3 is 1. The van der Waals surface area contributed by atoms with Crippen LogP contribution in [0.25, 0.3) is 6.08 Å². The summed E-state index contributed by atoms with van der Waals surface area (Å²) in [5.74, 6) is 0.725. The number of rotatable bonds is 8. The Morgan fingerprint density at radius 1 is 1.32 bits per heavy atom. The largest absolute Gasteiger partial charge is 0.493 e. The number of hydrogen-bond donors (Lipinski definition) is 1. The zero-order valence-corrected chi connectivity index (χ0v) is 19.3. The van der Waals surface area contributed by atoms with Gasteiger partial charge < -0.3 is 14.8 Å². The molecule has 162 valence electrons. The van der Waals surface area contributed by atoms with Crippen molar-refractivity contribution in [2.75, 3.05) is 13.7 Å². The summed E-state index contributed by atoms with van der Waals surface area (Å²) >= 11 is 8.71.